The third-order valence-electron chi connectivity index (χ3n) is 9.49. The van der Waals surface area contributed by atoms with Crippen LogP contribution >= 0.6 is 0 Å². The van der Waals surface area contributed by atoms with Crippen molar-refractivity contribution in [2.24, 2.45) is 0 Å². The topological polar surface area (TPSA) is 51.8 Å². The van der Waals surface area contributed by atoms with Gasteiger partial charge in [0.15, 0.2) is 17.5 Å². The summed E-state index contributed by atoms with van der Waals surface area (Å²) in [4.78, 5) is 15.2. The molecule has 10 aromatic rings. The first kappa shape index (κ1) is 27.5. The average Bonchev–Trinajstić information content (AvgIpc) is 3.56. The molecule has 0 N–H and O–H groups in total. The highest BCUT2D eigenvalue weighted by Gasteiger charge is 2.18. The molecule has 0 spiro atoms. The van der Waals surface area contributed by atoms with E-state index in [1.807, 2.05) is 60.7 Å². The lowest BCUT2D eigenvalue weighted by atomic mass is 9.95. The number of hydrogen-bond donors (Lipinski definition) is 0. The molecule has 0 aliphatic heterocycles. The summed E-state index contributed by atoms with van der Waals surface area (Å²) in [6.07, 6.45) is 0. The number of benzene rings is 8. The second-order valence-corrected chi connectivity index (χ2v) is 12.4. The lowest BCUT2D eigenvalue weighted by Gasteiger charge is -2.11. The summed E-state index contributed by atoms with van der Waals surface area (Å²) < 4.78 is 6.21. The molecule has 0 amide bonds. The number of aromatic nitrogens is 3. The van der Waals surface area contributed by atoms with Gasteiger partial charge in [-0.2, -0.15) is 0 Å². The van der Waals surface area contributed by atoms with E-state index in [0.29, 0.717) is 17.5 Å². The number of fused-ring (bicyclic) bond motifs is 7. The fraction of sp³-hybridized carbons (Fsp3) is 0. The van der Waals surface area contributed by atoms with E-state index in [4.69, 9.17) is 19.4 Å². The van der Waals surface area contributed by atoms with E-state index in [1.54, 1.807) is 0 Å². The zero-order valence-corrected chi connectivity index (χ0v) is 26.3. The molecular weight excluding hydrogens is 599 g/mol. The minimum Gasteiger partial charge on any atom is -0.456 e. The van der Waals surface area contributed by atoms with Crippen LogP contribution in [0.4, 0.5) is 0 Å². The van der Waals surface area contributed by atoms with E-state index in [2.05, 4.69) is 103 Å². The van der Waals surface area contributed by atoms with Gasteiger partial charge in [0.25, 0.3) is 0 Å². The van der Waals surface area contributed by atoms with Gasteiger partial charge in [-0.05, 0) is 73.8 Å². The summed E-state index contributed by atoms with van der Waals surface area (Å²) in [6, 6.07) is 57.1. The largest absolute Gasteiger partial charge is 0.456 e. The van der Waals surface area contributed by atoms with Crippen LogP contribution in [0, 0.1) is 0 Å². The second kappa shape index (κ2) is 11.0. The molecule has 0 saturated carbocycles. The lowest BCUT2D eigenvalue weighted by molar-refractivity contribution is 0.669. The van der Waals surface area contributed by atoms with Crippen LogP contribution in [0.5, 0.6) is 0 Å². The molecule has 0 unspecified atom stereocenters. The minimum absolute atomic E-state index is 0.609. The predicted molar refractivity (Wildman–Crippen MR) is 201 cm³/mol. The van der Waals surface area contributed by atoms with E-state index < -0.39 is 0 Å². The Morgan fingerprint density at radius 1 is 0.327 bits per heavy atom. The third-order valence-corrected chi connectivity index (χ3v) is 9.49. The van der Waals surface area contributed by atoms with Gasteiger partial charge in [0.2, 0.25) is 0 Å². The van der Waals surface area contributed by atoms with Crippen molar-refractivity contribution >= 4 is 54.3 Å². The Balaban J connectivity index is 1.14. The molecule has 0 saturated heterocycles. The zero-order chi connectivity index (χ0) is 32.3. The van der Waals surface area contributed by atoms with Gasteiger partial charge in [-0.1, -0.05) is 133 Å². The van der Waals surface area contributed by atoms with Crippen molar-refractivity contribution in [2.75, 3.05) is 0 Å². The highest BCUT2D eigenvalue weighted by Crippen LogP contribution is 2.37. The van der Waals surface area contributed by atoms with E-state index in [-0.39, 0.29) is 0 Å². The van der Waals surface area contributed by atoms with Crippen LogP contribution in [-0.4, -0.2) is 15.0 Å². The number of para-hydroxylation sites is 1. The number of hydrogen-bond acceptors (Lipinski definition) is 4. The monoisotopic (exact) mass is 625 g/mol. The Bertz CT molecular complexity index is 2890. The van der Waals surface area contributed by atoms with Gasteiger partial charge in [-0.25, -0.2) is 15.0 Å². The molecular formula is C45H27N3O. The van der Waals surface area contributed by atoms with Crippen LogP contribution in [0.1, 0.15) is 0 Å². The van der Waals surface area contributed by atoms with E-state index in [9.17, 15) is 0 Å². The lowest BCUT2D eigenvalue weighted by Crippen LogP contribution is -2.00. The van der Waals surface area contributed by atoms with Crippen molar-refractivity contribution in [3.63, 3.8) is 0 Å². The maximum Gasteiger partial charge on any atom is 0.164 e. The molecule has 2 heterocycles. The highest BCUT2D eigenvalue weighted by molar-refractivity contribution is 6.12. The Labute approximate surface area is 282 Å². The summed E-state index contributed by atoms with van der Waals surface area (Å²) in [6.45, 7) is 0. The molecule has 228 valence electrons. The third kappa shape index (κ3) is 4.65. The van der Waals surface area contributed by atoms with Gasteiger partial charge in [0.1, 0.15) is 11.2 Å². The Morgan fingerprint density at radius 2 is 0.918 bits per heavy atom. The SMILES string of the molecule is c1ccc(-c2nc(-c3ccc4ccc(-c5ccc6ccc7ccccc7c6c5)cc4c3)nc(-c3cccc4oc5ccccc5c34)n2)cc1. The molecule has 0 aliphatic carbocycles. The second-order valence-electron chi connectivity index (χ2n) is 12.4. The Hall–Kier alpha value is -6.65. The molecule has 0 radical (unpaired) electrons. The summed E-state index contributed by atoms with van der Waals surface area (Å²) in [5, 5.41) is 9.34. The molecule has 10 rings (SSSR count). The summed E-state index contributed by atoms with van der Waals surface area (Å²) in [7, 11) is 0. The van der Waals surface area contributed by atoms with Crippen molar-refractivity contribution < 1.29 is 4.42 Å². The standard InChI is InChI=1S/C45H27N3O/c1-2-10-31(11-3-1)43-46-44(48-45(47-43)38-14-8-16-41-42(38)37-13-6-7-15-40(37)49-41)34-24-18-28-17-22-32(25-35(28)26-34)33-23-21-30-20-19-29-9-4-5-12-36(29)39(30)27-33/h1-27H. The number of rotatable bonds is 4. The molecule has 8 aromatic carbocycles. The smallest absolute Gasteiger partial charge is 0.164 e. The van der Waals surface area contributed by atoms with Gasteiger partial charge >= 0.3 is 0 Å². The molecule has 0 atom stereocenters. The predicted octanol–water partition coefficient (Wildman–Crippen LogP) is 11.9. The quantitative estimate of drug-likeness (QED) is 0.183. The first-order chi connectivity index (χ1) is 24.2. The zero-order valence-electron chi connectivity index (χ0n) is 26.3. The number of nitrogens with zero attached hydrogens (tertiary/aromatic N) is 3. The highest BCUT2D eigenvalue weighted by atomic mass is 16.3. The Kier molecular flexibility index (Phi) is 6.15. The first-order valence-corrected chi connectivity index (χ1v) is 16.4. The normalized spacial score (nSPS) is 11.7. The van der Waals surface area contributed by atoms with Crippen LogP contribution in [0.15, 0.2) is 168 Å². The summed E-state index contributed by atoms with van der Waals surface area (Å²) in [5.74, 6) is 1.86. The molecule has 4 nitrogen and oxygen atoms in total. The van der Waals surface area contributed by atoms with Crippen LogP contribution in [0.3, 0.4) is 0 Å². The van der Waals surface area contributed by atoms with Crippen LogP contribution in [0.25, 0.3) is 99.5 Å². The van der Waals surface area contributed by atoms with Crippen LogP contribution in [0.2, 0.25) is 0 Å². The van der Waals surface area contributed by atoms with Gasteiger partial charge in [-0.15, -0.1) is 0 Å². The van der Waals surface area contributed by atoms with E-state index >= 15 is 0 Å². The van der Waals surface area contributed by atoms with Crippen molar-refractivity contribution in [3.8, 4) is 45.3 Å². The molecule has 4 heteroatoms. The van der Waals surface area contributed by atoms with E-state index in [0.717, 1.165) is 49.4 Å². The van der Waals surface area contributed by atoms with Crippen molar-refractivity contribution in [1.82, 2.24) is 15.0 Å². The molecule has 49 heavy (non-hydrogen) atoms. The van der Waals surface area contributed by atoms with Crippen molar-refractivity contribution in [2.45, 2.75) is 0 Å². The van der Waals surface area contributed by atoms with Gasteiger partial charge in [0, 0.05) is 27.5 Å². The van der Waals surface area contributed by atoms with Crippen LogP contribution < -0.4 is 0 Å². The molecule has 0 bridgehead atoms. The van der Waals surface area contributed by atoms with Crippen molar-refractivity contribution in [3.05, 3.63) is 164 Å². The van der Waals surface area contributed by atoms with Gasteiger partial charge < -0.3 is 4.42 Å². The summed E-state index contributed by atoms with van der Waals surface area (Å²) in [5.41, 5.74) is 6.77. The number of furan rings is 1. The fourth-order valence-corrected chi connectivity index (χ4v) is 7.05. The Morgan fingerprint density at radius 3 is 1.78 bits per heavy atom. The van der Waals surface area contributed by atoms with Crippen molar-refractivity contribution in [1.29, 1.82) is 0 Å². The van der Waals surface area contributed by atoms with E-state index in [1.165, 1.54) is 32.7 Å². The van der Waals surface area contributed by atoms with Gasteiger partial charge in [0.05, 0.1) is 0 Å². The molecule has 0 fully saturated rings. The first-order valence-electron chi connectivity index (χ1n) is 16.4. The summed E-state index contributed by atoms with van der Waals surface area (Å²) >= 11 is 0. The fourth-order valence-electron chi connectivity index (χ4n) is 7.05. The molecule has 0 aliphatic rings. The van der Waals surface area contributed by atoms with Gasteiger partial charge in [-0.3, -0.25) is 0 Å². The maximum atomic E-state index is 6.21. The molecule has 2 aromatic heterocycles. The average molecular weight is 626 g/mol. The van der Waals surface area contributed by atoms with Crippen LogP contribution in [-0.2, 0) is 0 Å². The minimum atomic E-state index is 0.609. The maximum absolute atomic E-state index is 6.21.